The summed E-state index contributed by atoms with van der Waals surface area (Å²) in [6, 6.07) is 9.87. The first-order valence-electron chi connectivity index (χ1n) is 5.03. The maximum absolute atomic E-state index is 11.6. The summed E-state index contributed by atoms with van der Waals surface area (Å²) in [6.07, 6.45) is 0. The highest BCUT2D eigenvalue weighted by Crippen LogP contribution is 2.36. The number of carbonyl (C=O) groups is 1. The van der Waals surface area contributed by atoms with Gasteiger partial charge in [0.1, 0.15) is 0 Å². The molecule has 0 saturated heterocycles. The third kappa shape index (κ3) is 1.82. The van der Waals surface area contributed by atoms with Gasteiger partial charge in [-0.25, -0.2) is 0 Å². The second kappa shape index (κ2) is 4.21. The van der Waals surface area contributed by atoms with Crippen molar-refractivity contribution in [2.24, 2.45) is 0 Å². The molecule has 0 fully saturated rings. The molecule has 0 unspecified atom stereocenters. The Morgan fingerprint density at radius 1 is 1.24 bits per heavy atom. The van der Waals surface area contributed by atoms with Gasteiger partial charge in [0, 0.05) is 18.7 Å². The minimum atomic E-state index is -0.477. The van der Waals surface area contributed by atoms with Crippen LogP contribution < -0.4 is 5.32 Å². The van der Waals surface area contributed by atoms with Gasteiger partial charge in [-0.15, -0.1) is 0 Å². The number of hydrogen-bond donors (Lipinski definition) is 1. The number of nitro groups is 1. The predicted molar refractivity (Wildman–Crippen MR) is 63.1 cm³/mol. The van der Waals surface area contributed by atoms with Crippen LogP contribution in [-0.4, -0.2) is 17.9 Å². The molecule has 0 spiro atoms. The molecule has 1 N–H and O–H groups in total. The van der Waals surface area contributed by atoms with Crippen LogP contribution in [0.2, 0.25) is 0 Å². The van der Waals surface area contributed by atoms with E-state index in [1.165, 1.54) is 13.1 Å². The molecule has 2 aliphatic carbocycles. The first kappa shape index (κ1) is 11.1. The van der Waals surface area contributed by atoms with Crippen molar-refractivity contribution in [2.45, 2.75) is 0 Å². The van der Waals surface area contributed by atoms with E-state index in [-0.39, 0.29) is 11.6 Å². The van der Waals surface area contributed by atoms with Gasteiger partial charge in [0.25, 0.3) is 11.6 Å². The van der Waals surface area contributed by atoms with Crippen molar-refractivity contribution in [2.75, 3.05) is 7.05 Å². The van der Waals surface area contributed by atoms with E-state index in [1.54, 1.807) is 30.3 Å². The van der Waals surface area contributed by atoms with E-state index in [1.807, 2.05) is 0 Å². The van der Waals surface area contributed by atoms with E-state index in [2.05, 4.69) is 5.32 Å². The standard InChI is InChI=1S/C12H10N2O3/c1-13-12(15)10-7-11(14(16)17)9-6-4-2-3-5-8(9)10/h2-7H,1H3,(H,13,15). The third-order valence-corrected chi connectivity index (χ3v) is 2.55. The van der Waals surface area contributed by atoms with Crippen LogP contribution in [0.3, 0.4) is 0 Å². The quantitative estimate of drug-likeness (QED) is 0.634. The molecule has 86 valence electrons. The molecule has 0 saturated carbocycles. The van der Waals surface area contributed by atoms with Crippen molar-refractivity contribution in [3.63, 3.8) is 0 Å². The van der Waals surface area contributed by atoms with Gasteiger partial charge in [-0.1, -0.05) is 24.3 Å². The van der Waals surface area contributed by atoms with Gasteiger partial charge >= 0.3 is 0 Å². The lowest BCUT2D eigenvalue weighted by molar-refractivity contribution is -0.383. The van der Waals surface area contributed by atoms with Crippen LogP contribution in [0.15, 0.2) is 36.4 Å². The first-order chi connectivity index (χ1) is 8.15. The summed E-state index contributed by atoms with van der Waals surface area (Å²) in [6.45, 7) is 0. The molecule has 0 aromatic heterocycles. The molecular weight excluding hydrogens is 220 g/mol. The summed E-state index contributed by atoms with van der Waals surface area (Å²) in [5, 5.41) is 13.4. The van der Waals surface area contributed by atoms with Gasteiger partial charge in [0.15, 0.2) is 0 Å². The van der Waals surface area contributed by atoms with Gasteiger partial charge in [-0.2, -0.15) is 0 Å². The fraction of sp³-hybridized carbons (Fsp3) is 0.0833. The number of fused-ring (bicyclic) bond motifs is 1. The Kier molecular flexibility index (Phi) is 2.74. The van der Waals surface area contributed by atoms with Gasteiger partial charge in [0.05, 0.1) is 16.1 Å². The van der Waals surface area contributed by atoms with Crippen molar-refractivity contribution in [1.82, 2.24) is 5.32 Å². The molecule has 5 nitrogen and oxygen atoms in total. The molecule has 5 heteroatoms. The Morgan fingerprint density at radius 2 is 1.88 bits per heavy atom. The lowest BCUT2D eigenvalue weighted by atomic mass is 10.1. The highest BCUT2D eigenvalue weighted by atomic mass is 16.6. The van der Waals surface area contributed by atoms with Crippen LogP contribution >= 0.6 is 0 Å². The second-order valence-corrected chi connectivity index (χ2v) is 3.52. The summed E-state index contributed by atoms with van der Waals surface area (Å²) < 4.78 is 0. The Morgan fingerprint density at radius 3 is 2.47 bits per heavy atom. The van der Waals surface area contributed by atoms with Crippen LogP contribution in [0.1, 0.15) is 10.4 Å². The molecule has 0 bridgehead atoms. The lowest BCUT2D eigenvalue weighted by Crippen LogP contribution is -2.17. The van der Waals surface area contributed by atoms with Crippen molar-refractivity contribution in [1.29, 1.82) is 0 Å². The normalized spacial score (nSPS) is 10.2. The van der Waals surface area contributed by atoms with Crippen molar-refractivity contribution >= 4 is 11.6 Å². The fourth-order valence-electron chi connectivity index (χ4n) is 1.77. The maximum atomic E-state index is 11.6. The number of nitrogens with zero attached hydrogens (tertiary/aromatic N) is 1. The van der Waals surface area contributed by atoms with E-state index in [0.29, 0.717) is 16.7 Å². The van der Waals surface area contributed by atoms with Crippen molar-refractivity contribution in [3.8, 4) is 11.1 Å². The third-order valence-electron chi connectivity index (χ3n) is 2.55. The zero-order valence-electron chi connectivity index (χ0n) is 9.14. The molecule has 0 aromatic carbocycles. The smallest absolute Gasteiger partial charge is 0.278 e. The second-order valence-electron chi connectivity index (χ2n) is 3.52. The summed E-state index contributed by atoms with van der Waals surface area (Å²) in [5.74, 6) is -0.325. The van der Waals surface area contributed by atoms with Crippen LogP contribution in [-0.2, 0) is 0 Å². The Balaban J connectivity index is 2.73. The molecule has 2 rings (SSSR count). The van der Waals surface area contributed by atoms with Crippen LogP contribution in [0.4, 0.5) is 5.69 Å². The Labute approximate surface area is 97.6 Å². The van der Waals surface area contributed by atoms with E-state index in [9.17, 15) is 14.9 Å². The highest BCUT2D eigenvalue weighted by Gasteiger charge is 2.25. The van der Waals surface area contributed by atoms with E-state index in [4.69, 9.17) is 0 Å². The summed E-state index contributed by atoms with van der Waals surface area (Å²) in [7, 11) is 1.50. The molecule has 2 aliphatic rings. The van der Waals surface area contributed by atoms with Gasteiger partial charge in [0.2, 0.25) is 0 Å². The average molecular weight is 230 g/mol. The minimum absolute atomic E-state index is 0.0465. The molecule has 17 heavy (non-hydrogen) atoms. The van der Waals surface area contributed by atoms with Gasteiger partial charge < -0.3 is 5.32 Å². The Hall–Kier alpha value is -2.43. The van der Waals surface area contributed by atoms with Crippen LogP contribution in [0.25, 0.3) is 11.1 Å². The molecule has 1 amide bonds. The zero-order chi connectivity index (χ0) is 12.4. The SMILES string of the molecule is CNC(=O)c1cc([N+](=O)[O-])c2cccccc1-2. The molecule has 0 atom stereocenters. The molecule has 0 radical (unpaired) electrons. The number of carbonyl (C=O) groups excluding carboxylic acids is 1. The Bertz CT molecular complexity index is 566. The summed E-state index contributed by atoms with van der Waals surface area (Å²) in [5.41, 5.74) is 1.33. The van der Waals surface area contributed by atoms with Gasteiger partial charge in [-0.3, -0.25) is 14.9 Å². The number of hydrogen-bond acceptors (Lipinski definition) is 3. The average Bonchev–Trinajstić information content (AvgIpc) is 2.51. The van der Waals surface area contributed by atoms with Crippen LogP contribution in [0, 0.1) is 10.1 Å². The van der Waals surface area contributed by atoms with E-state index in [0.717, 1.165) is 0 Å². The zero-order valence-corrected chi connectivity index (χ0v) is 9.14. The molecular formula is C12H10N2O3. The van der Waals surface area contributed by atoms with Crippen molar-refractivity contribution < 1.29 is 9.72 Å². The van der Waals surface area contributed by atoms with Gasteiger partial charge in [-0.05, 0) is 6.07 Å². The summed E-state index contributed by atoms with van der Waals surface area (Å²) >= 11 is 0. The molecule has 0 aromatic rings. The highest BCUT2D eigenvalue weighted by molar-refractivity contribution is 6.04. The van der Waals surface area contributed by atoms with E-state index < -0.39 is 4.92 Å². The molecule has 0 heterocycles. The summed E-state index contributed by atoms with van der Waals surface area (Å²) in [4.78, 5) is 22.1. The van der Waals surface area contributed by atoms with E-state index >= 15 is 0 Å². The number of amides is 1. The topological polar surface area (TPSA) is 72.2 Å². The van der Waals surface area contributed by atoms with Crippen LogP contribution in [0.5, 0.6) is 0 Å². The lowest BCUT2D eigenvalue weighted by Gasteiger charge is -1.98. The fourth-order valence-corrected chi connectivity index (χ4v) is 1.77. The minimum Gasteiger partial charge on any atom is -0.355 e. The number of rotatable bonds is 2. The molecule has 0 aliphatic heterocycles. The van der Waals surface area contributed by atoms with Crippen molar-refractivity contribution in [3.05, 3.63) is 52.1 Å². The monoisotopic (exact) mass is 230 g/mol. The largest absolute Gasteiger partial charge is 0.355 e. The maximum Gasteiger partial charge on any atom is 0.278 e. The first-order valence-corrected chi connectivity index (χ1v) is 5.03. The predicted octanol–water partition coefficient (Wildman–Crippen LogP) is 2.06. The number of nitrogens with one attached hydrogen (secondary N) is 1.